The van der Waals surface area contributed by atoms with E-state index in [1.807, 2.05) is 74.5 Å². The van der Waals surface area contributed by atoms with Crippen LogP contribution in [0.5, 0.6) is 0 Å². The van der Waals surface area contributed by atoms with E-state index in [-0.39, 0.29) is 35.7 Å². The van der Waals surface area contributed by atoms with Crippen LogP contribution in [0.15, 0.2) is 72.8 Å². The van der Waals surface area contributed by atoms with Gasteiger partial charge in [0.2, 0.25) is 0 Å². The topological polar surface area (TPSA) is 99.1 Å². The maximum Gasteiger partial charge on any atom is 0.312 e. The average molecular weight is 695 g/mol. The van der Waals surface area contributed by atoms with Gasteiger partial charge in [-0.1, -0.05) is 86.6 Å². The van der Waals surface area contributed by atoms with E-state index in [0.29, 0.717) is 18.8 Å². The summed E-state index contributed by atoms with van der Waals surface area (Å²) in [5.74, 6) is -0.744. The smallest absolute Gasteiger partial charge is 0.312 e. The summed E-state index contributed by atoms with van der Waals surface area (Å²) in [7, 11) is 4.19. The monoisotopic (exact) mass is 694 g/mol. The number of halogens is 1. The predicted octanol–water partition coefficient (Wildman–Crippen LogP) is 8.69. The number of esters is 3. The van der Waals surface area contributed by atoms with Crippen LogP contribution in [0.25, 0.3) is 0 Å². The Morgan fingerprint density at radius 1 is 0.560 bits per heavy atom. The quantitative estimate of drug-likeness (QED) is 0.150. The molecular weight excluding hydrogens is 635 g/mol. The van der Waals surface area contributed by atoms with Gasteiger partial charge < -0.3 is 19.3 Å². The molecule has 0 fully saturated rings. The zero-order valence-electron chi connectivity index (χ0n) is 32.1. The molecule has 3 atom stereocenters. The fourth-order valence-electron chi connectivity index (χ4n) is 5.19. The Hall–Kier alpha value is -4.04. The summed E-state index contributed by atoms with van der Waals surface area (Å²) in [5, 5.41) is 9.70. The highest BCUT2D eigenvalue weighted by Crippen LogP contribution is 2.22. The summed E-state index contributed by atoms with van der Waals surface area (Å²) in [4.78, 5) is 34.1. The summed E-state index contributed by atoms with van der Waals surface area (Å²) in [6, 6.07) is 23.3. The molecule has 0 radical (unpaired) electrons. The summed E-state index contributed by atoms with van der Waals surface area (Å²) in [6.45, 7) is 16.5. The minimum atomic E-state index is -1.21. The molecule has 8 heteroatoms. The highest BCUT2D eigenvalue weighted by Gasteiger charge is 2.19. The van der Waals surface area contributed by atoms with Gasteiger partial charge in [-0.15, -0.1) is 0 Å². The number of ether oxygens (including phenoxy) is 3. The number of alkyl halides is 1. The lowest BCUT2D eigenvalue weighted by Gasteiger charge is -2.17. The highest BCUT2D eigenvalue weighted by molar-refractivity contribution is 5.78. The number of rotatable bonds is 12. The molecule has 0 saturated carbocycles. The lowest BCUT2D eigenvalue weighted by molar-refractivity contribution is -0.142. The molecule has 0 aliphatic rings. The lowest BCUT2D eigenvalue weighted by atomic mass is 9.95. The van der Waals surface area contributed by atoms with E-state index in [1.165, 1.54) is 26.9 Å². The highest BCUT2D eigenvalue weighted by atomic mass is 19.1. The molecule has 3 aromatic carbocycles. The lowest BCUT2D eigenvalue weighted by Crippen LogP contribution is -2.21. The Balaban J connectivity index is 0.000000375. The van der Waals surface area contributed by atoms with E-state index < -0.39 is 11.3 Å². The Morgan fingerprint density at radius 3 is 1.08 bits per heavy atom. The van der Waals surface area contributed by atoms with Gasteiger partial charge in [-0.3, -0.25) is 14.4 Å². The summed E-state index contributed by atoms with van der Waals surface area (Å²) >= 11 is 0. The normalized spacial score (nSPS) is 13.0. The number of carbonyl (C=O) groups excluding carboxylic acids is 3. The van der Waals surface area contributed by atoms with Crippen LogP contribution in [0, 0.1) is 5.92 Å². The van der Waals surface area contributed by atoms with Gasteiger partial charge >= 0.3 is 17.9 Å². The third-order valence-corrected chi connectivity index (χ3v) is 8.01. The van der Waals surface area contributed by atoms with Crippen LogP contribution in [0.2, 0.25) is 0 Å². The van der Waals surface area contributed by atoms with Crippen molar-refractivity contribution in [1.29, 1.82) is 0 Å². The first-order valence-electron chi connectivity index (χ1n) is 17.1. The number of hydrogen-bond donors (Lipinski definition) is 1. The second-order valence-corrected chi connectivity index (χ2v) is 14.4. The first-order chi connectivity index (χ1) is 23.2. The second kappa shape index (κ2) is 20.6. The Bertz CT molecular complexity index is 1370. The standard InChI is InChI=1S/C14H19FO2.C14H20O3.C14H20O2/c1-10(13(16)17-4)12-7-5-11(6-8-12)9-14(2,3)15;1-10(13(15)17-4)12-7-5-11(6-8-12)9-14(2,3)16;1-10(2)9-12-5-7-13(8-6-12)11(3)14(15)16-4/h5-8,10H,9H2,1-4H3;5-8,10,16H,9H2,1-4H3;5-8,10-11H,9H2,1-4H3. The number of aliphatic hydroxyl groups is 1. The van der Waals surface area contributed by atoms with Crippen molar-refractivity contribution in [3.63, 3.8) is 0 Å². The van der Waals surface area contributed by atoms with Gasteiger partial charge in [0.25, 0.3) is 0 Å². The minimum Gasteiger partial charge on any atom is -0.469 e. The molecule has 0 spiro atoms. The van der Waals surface area contributed by atoms with E-state index in [0.717, 1.165) is 34.2 Å². The Kier molecular flexibility index (Phi) is 18.1. The van der Waals surface area contributed by atoms with Crippen LogP contribution in [-0.4, -0.2) is 55.6 Å². The van der Waals surface area contributed by atoms with Crippen molar-refractivity contribution in [1.82, 2.24) is 0 Å². The van der Waals surface area contributed by atoms with Crippen molar-refractivity contribution in [3.05, 3.63) is 106 Å². The molecule has 0 bridgehead atoms. The molecule has 0 aliphatic heterocycles. The summed E-state index contributed by atoms with van der Waals surface area (Å²) < 4.78 is 27.5. The van der Waals surface area contributed by atoms with Crippen LogP contribution >= 0.6 is 0 Å². The van der Waals surface area contributed by atoms with Gasteiger partial charge in [0, 0.05) is 12.8 Å². The van der Waals surface area contributed by atoms with Crippen molar-refractivity contribution in [2.24, 2.45) is 5.92 Å². The third kappa shape index (κ3) is 16.6. The predicted molar refractivity (Wildman–Crippen MR) is 198 cm³/mol. The molecule has 0 heterocycles. The average Bonchev–Trinajstić information content (AvgIpc) is 3.06. The number of carbonyl (C=O) groups is 3. The van der Waals surface area contributed by atoms with Gasteiger partial charge in [-0.05, 0) is 94.2 Å². The number of benzene rings is 3. The number of methoxy groups -OCH3 is 3. The first kappa shape index (κ1) is 44.0. The van der Waals surface area contributed by atoms with E-state index >= 15 is 0 Å². The zero-order valence-corrected chi connectivity index (χ0v) is 32.1. The SMILES string of the molecule is COC(=O)C(C)c1ccc(CC(C)(C)F)cc1.COC(=O)C(C)c1ccc(CC(C)(C)O)cc1.COC(=O)C(C)c1ccc(CC(C)C)cc1. The van der Waals surface area contributed by atoms with Gasteiger partial charge in [-0.25, -0.2) is 4.39 Å². The number of hydrogen-bond acceptors (Lipinski definition) is 7. The second-order valence-electron chi connectivity index (χ2n) is 14.4. The van der Waals surface area contributed by atoms with Crippen LogP contribution in [-0.2, 0) is 47.9 Å². The van der Waals surface area contributed by atoms with Crippen LogP contribution in [0.4, 0.5) is 4.39 Å². The van der Waals surface area contributed by atoms with Crippen LogP contribution in [0.1, 0.15) is 113 Å². The van der Waals surface area contributed by atoms with E-state index in [9.17, 15) is 23.9 Å². The van der Waals surface area contributed by atoms with Crippen molar-refractivity contribution in [2.45, 2.75) is 111 Å². The third-order valence-electron chi connectivity index (χ3n) is 8.01. The Morgan fingerprint density at radius 2 is 0.840 bits per heavy atom. The molecule has 3 unspecified atom stereocenters. The maximum atomic E-state index is 13.4. The fraction of sp³-hybridized carbons (Fsp3) is 0.500. The Labute approximate surface area is 299 Å². The van der Waals surface area contributed by atoms with E-state index in [2.05, 4.69) is 30.7 Å². The van der Waals surface area contributed by atoms with Crippen LogP contribution < -0.4 is 0 Å². The van der Waals surface area contributed by atoms with Gasteiger partial charge in [0.05, 0.1) is 44.7 Å². The van der Waals surface area contributed by atoms with Crippen molar-refractivity contribution in [2.75, 3.05) is 21.3 Å². The molecule has 3 rings (SSSR count). The molecule has 0 saturated heterocycles. The molecule has 276 valence electrons. The van der Waals surface area contributed by atoms with Gasteiger partial charge in [-0.2, -0.15) is 0 Å². The molecule has 1 N–H and O–H groups in total. The van der Waals surface area contributed by atoms with Crippen LogP contribution in [0.3, 0.4) is 0 Å². The summed E-state index contributed by atoms with van der Waals surface area (Å²) in [6.07, 6.45) is 2.05. The molecule has 0 aromatic heterocycles. The van der Waals surface area contributed by atoms with Crippen molar-refractivity contribution < 1.29 is 38.1 Å². The molecular formula is C42H59FO7. The molecule has 7 nitrogen and oxygen atoms in total. The van der Waals surface area contributed by atoms with Gasteiger partial charge in [0.1, 0.15) is 5.67 Å². The summed E-state index contributed by atoms with van der Waals surface area (Å²) in [5.41, 5.74) is 4.20. The van der Waals surface area contributed by atoms with E-state index in [1.54, 1.807) is 34.6 Å². The van der Waals surface area contributed by atoms with Crippen molar-refractivity contribution >= 4 is 17.9 Å². The molecule has 0 amide bonds. The van der Waals surface area contributed by atoms with Crippen molar-refractivity contribution in [3.8, 4) is 0 Å². The zero-order chi connectivity index (χ0) is 38.2. The first-order valence-corrected chi connectivity index (χ1v) is 17.1. The fourth-order valence-corrected chi connectivity index (χ4v) is 5.19. The molecule has 50 heavy (non-hydrogen) atoms. The van der Waals surface area contributed by atoms with E-state index in [4.69, 9.17) is 9.47 Å². The molecule has 0 aliphatic carbocycles. The molecule has 3 aromatic rings. The largest absolute Gasteiger partial charge is 0.469 e. The van der Waals surface area contributed by atoms with Gasteiger partial charge in [0.15, 0.2) is 0 Å². The maximum absolute atomic E-state index is 13.4. The minimum absolute atomic E-state index is 0.182.